The Balaban J connectivity index is 2.38. The van der Waals surface area contributed by atoms with Gasteiger partial charge in [0.2, 0.25) is 0 Å². The molecule has 1 aliphatic rings. The minimum absolute atomic E-state index is 0.761. The highest BCUT2D eigenvalue weighted by molar-refractivity contribution is 4.90. The highest BCUT2D eigenvalue weighted by atomic mass is 14.2. The van der Waals surface area contributed by atoms with Gasteiger partial charge in [-0.2, -0.15) is 0 Å². The average Bonchev–Trinajstić information content (AvgIpc) is 2.05. The summed E-state index contributed by atoms with van der Waals surface area (Å²) in [7, 11) is 0. The lowest BCUT2D eigenvalue weighted by Crippen LogP contribution is -2.11. The zero-order valence-corrected chi connectivity index (χ0v) is 6.55. The van der Waals surface area contributed by atoms with Gasteiger partial charge in [-0.05, 0) is 31.1 Å². The first-order valence-electron chi connectivity index (χ1n) is 4.12. The van der Waals surface area contributed by atoms with Gasteiger partial charge in [0, 0.05) is 0 Å². The molecule has 1 saturated carbocycles. The molecular formula is C10H16. The monoisotopic (exact) mass is 136 g/mol. The molecule has 1 aliphatic carbocycles. The van der Waals surface area contributed by atoms with Crippen molar-refractivity contribution in [2.45, 2.75) is 25.7 Å². The molecule has 0 unspecified atom stereocenters. The van der Waals surface area contributed by atoms with Crippen LogP contribution in [0.3, 0.4) is 0 Å². The predicted octanol–water partition coefficient (Wildman–Crippen LogP) is 3.16. The lowest BCUT2D eigenvalue weighted by molar-refractivity contribution is 0.353. The fourth-order valence-electron chi connectivity index (χ4n) is 1.69. The van der Waals surface area contributed by atoms with Gasteiger partial charge in [-0.15, -0.1) is 13.2 Å². The lowest BCUT2D eigenvalue weighted by atomic mass is 9.82. The van der Waals surface area contributed by atoms with Gasteiger partial charge in [-0.1, -0.05) is 18.6 Å². The minimum Gasteiger partial charge on any atom is -0.103 e. The van der Waals surface area contributed by atoms with E-state index in [0.717, 1.165) is 11.8 Å². The average molecular weight is 136 g/mol. The molecule has 56 valence electrons. The third-order valence-electron chi connectivity index (χ3n) is 2.42. The summed E-state index contributed by atoms with van der Waals surface area (Å²) in [5, 5.41) is 0. The largest absolute Gasteiger partial charge is 0.103 e. The van der Waals surface area contributed by atoms with E-state index < -0.39 is 0 Å². The maximum absolute atomic E-state index is 3.82. The molecule has 0 aromatic heterocycles. The standard InChI is InChI=1S/C10H16/c1-3-9-6-5-7-10(4-2)8-9/h3-4,9-10H,1-2,5-8H2/t9-,10+. The Labute approximate surface area is 63.6 Å². The zero-order chi connectivity index (χ0) is 7.40. The van der Waals surface area contributed by atoms with Crippen LogP contribution in [0, 0.1) is 11.8 Å². The van der Waals surface area contributed by atoms with E-state index in [1.165, 1.54) is 25.7 Å². The van der Waals surface area contributed by atoms with Gasteiger partial charge >= 0.3 is 0 Å². The Kier molecular flexibility index (Phi) is 2.73. The maximum Gasteiger partial charge on any atom is -0.0231 e. The Morgan fingerprint density at radius 2 is 1.50 bits per heavy atom. The summed E-state index contributed by atoms with van der Waals surface area (Å²) in [5.74, 6) is 1.52. The summed E-state index contributed by atoms with van der Waals surface area (Å²) < 4.78 is 0. The van der Waals surface area contributed by atoms with E-state index in [1.54, 1.807) is 0 Å². The normalized spacial score (nSPS) is 33.2. The van der Waals surface area contributed by atoms with Crippen molar-refractivity contribution < 1.29 is 0 Å². The third kappa shape index (κ3) is 1.73. The van der Waals surface area contributed by atoms with Crippen molar-refractivity contribution >= 4 is 0 Å². The van der Waals surface area contributed by atoms with E-state index in [2.05, 4.69) is 25.3 Å². The predicted molar refractivity (Wildman–Crippen MR) is 45.8 cm³/mol. The molecule has 0 bridgehead atoms. The van der Waals surface area contributed by atoms with Gasteiger partial charge in [0.25, 0.3) is 0 Å². The Morgan fingerprint density at radius 3 is 1.90 bits per heavy atom. The van der Waals surface area contributed by atoms with Crippen molar-refractivity contribution in [2.24, 2.45) is 11.8 Å². The minimum atomic E-state index is 0.761. The van der Waals surface area contributed by atoms with Crippen LogP contribution in [0.4, 0.5) is 0 Å². The Morgan fingerprint density at radius 1 is 1.00 bits per heavy atom. The van der Waals surface area contributed by atoms with E-state index in [9.17, 15) is 0 Å². The SMILES string of the molecule is C=C[C@@H]1CCC[C@H](C=C)C1. The molecule has 0 aromatic carbocycles. The van der Waals surface area contributed by atoms with E-state index >= 15 is 0 Å². The van der Waals surface area contributed by atoms with Crippen LogP contribution in [0.15, 0.2) is 25.3 Å². The molecule has 0 amide bonds. The van der Waals surface area contributed by atoms with Gasteiger partial charge in [0.05, 0.1) is 0 Å². The first-order chi connectivity index (χ1) is 4.86. The molecule has 0 aliphatic heterocycles. The summed E-state index contributed by atoms with van der Waals surface area (Å²) >= 11 is 0. The summed E-state index contributed by atoms with van der Waals surface area (Å²) in [6.07, 6.45) is 9.51. The summed E-state index contributed by atoms with van der Waals surface area (Å²) in [6, 6.07) is 0. The fourth-order valence-corrected chi connectivity index (χ4v) is 1.69. The van der Waals surface area contributed by atoms with Crippen LogP contribution in [-0.2, 0) is 0 Å². The van der Waals surface area contributed by atoms with Crippen molar-refractivity contribution in [2.75, 3.05) is 0 Å². The van der Waals surface area contributed by atoms with E-state index in [1.807, 2.05) is 0 Å². The maximum atomic E-state index is 3.82. The van der Waals surface area contributed by atoms with Gasteiger partial charge in [0.15, 0.2) is 0 Å². The summed E-state index contributed by atoms with van der Waals surface area (Å²) in [4.78, 5) is 0. The van der Waals surface area contributed by atoms with Gasteiger partial charge < -0.3 is 0 Å². The molecule has 0 nitrogen and oxygen atoms in total. The summed E-state index contributed by atoms with van der Waals surface area (Å²) in [6.45, 7) is 7.64. The van der Waals surface area contributed by atoms with Crippen LogP contribution in [0.5, 0.6) is 0 Å². The molecule has 0 saturated heterocycles. The second kappa shape index (κ2) is 3.60. The molecule has 10 heavy (non-hydrogen) atoms. The van der Waals surface area contributed by atoms with Crippen LogP contribution in [0.1, 0.15) is 25.7 Å². The van der Waals surface area contributed by atoms with E-state index in [4.69, 9.17) is 0 Å². The molecule has 1 fully saturated rings. The van der Waals surface area contributed by atoms with Crippen LogP contribution < -0.4 is 0 Å². The molecule has 0 heteroatoms. The molecule has 2 atom stereocenters. The number of rotatable bonds is 2. The number of hydrogen-bond donors (Lipinski definition) is 0. The molecule has 0 N–H and O–H groups in total. The van der Waals surface area contributed by atoms with Crippen LogP contribution in [-0.4, -0.2) is 0 Å². The lowest BCUT2D eigenvalue weighted by Gasteiger charge is -2.24. The third-order valence-corrected chi connectivity index (χ3v) is 2.42. The highest BCUT2D eigenvalue weighted by Gasteiger charge is 2.16. The van der Waals surface area contributed by atoms with E-state index in [-0.39, 0.29) is 0 Å². The first-order valence-corrected chi connectivity index (χ1v) is 4.12. The fraction of sp³-hybridized carbons (Fsp3) is 0.600. The quantitative estimate of drug-likeness (QED) is 0.511. The molecule has 0 spiro atoms. The van der Waals surface area contributed by atoms with Gasteiger partial charge in [0.1, 0.15) is 0 Å². The van der Waals surface area contributed by atoms with Crippen molar-refractivity contribution in [1.82, 2.24) is 0 Å². The van der Waals surface area contributed by atoms with Crippen LogP contribution in [0.2, 0.25) is 0 Å². The van der Waals surface area contributed by atoms with Crippen LogP contribution >= 0.6 is 0 Å². The van der Waals surface area contributed by atoms with Gasteiger partial charge in [-0.25, -0.2) is 0 Å². The van der Waals surface area contributed by atoms with Crippen molar-refractivity contribution in [3.63, 3.8) is 0 Å². The highest BCUT2D eigenvalue weighted by Crippen LogP contribution is 2.29. The topological polar surface area (TPSA) is 0 Å². The zero-order valence-electron chi connectivity index (χ0n) is 6.55. The van der Waals surface area contributed by atoms with Crippen LogP contribution in [0.25, 0.3) is 0 Å². The summed E-state index contributed by atoms with van der Waals surface area (Å²) in [5.41, 5.74) is 0. The molecule has 1 rings (SSSR count). The molecule has 0 heterocycles. The second-order valence-electron chi connectivity index (χ2n) is 3.16. The Hall–Kier alpha value is -0.520. The van der Waals surface area contributed by atoms with Gasteiger partial charge in [-0.3, -0.25) is 0 Å². The number of hydrogen-bond acceptors (Lipinski definition) is 0. The van der Waals surface area contributed by atoms with Crippen molar-refractivity contribution in [3.05, 3.63) is 25.3 Å². The smallest absolute Gasteiger partial charge is 0.0231 e. The van der Waals surface area contributed by atoms with E-state index in [0.29, 0.717) is 0 Å². The second-order valence-corrected chi connectivity index (χ2v) is 3.16. The molecule has 0 aromatic rings. The van der Waals surface area contributed by atoms with Crippen molar-refractivity contribution in [3.8, 4) is 0 Å². The molecular weight excluding hydrogens is 120 g/mol. The first kappa shape index (κ1) is 7.59. The number of allylic oxidation sites excluding steroid dienone is 2. The van der Waals surface area contributed by atoms with Crippen molar-refractivity contribution in [1.29, 1.82) is 0 Å². The Bertz CT molecular complexity index is 110. The molecule has 0 radical (unpaired) electrons.